The molecule has 6 nitrogen and oxygen atoms in total. The molecule has 0 saturated carbocycles. The van der Waals surface area contributed by atoms with Crippen LogP contribution in [0.1, 0.15) is 18.4 Å². The Hall–Kier alpha value is -1.63. The molecule has 2 rings (SSSR count). The maximum absolute atomic E-state index is 11.7. The van der Waals surface area contributed by atoms with Gasteiger partial charge in [0.25, 0.3) is 5.69 Å². The van der Waals surface area contributed by atoms with Crippen molar-refractivity contribution in [2.24, 2.45) is 0 Å². The quantitative estimate of drug-likeness (QED) is 0.673. The highest BCUT2D eigenvalue weighted by Gasteiger charge is 2.31. The number of nitrogens with zero attached hydrogens (tertiary/aromatic N) is 1. The second-order valence-electron chi connectivity index (χ2n) is 4.74. The van der Waals surface area contributed by atoms with Gasteiger partial charge in [-0.2, -0.15) is 0 Å². The van der Waals surface area contributed by atoms with E-state index < -0.39 is 20.0 Å². The van der Waals surface area contributed by atoms with Crippen molar-refractivity contribution in [2.45, 2.75) is 25.0 Å². The lowest BCUT2D eigenvalue weighted by atomic mass is 10.1. The van der Waals surface area contributed by atoms with E-state index in [1.54, 1.807) is 19.1 Å². The molecule has 1 saturated heterocycles. The maximum Gasteiger partial charge on any atom is 0.292 e. The lowest BCUT2D eigenvalue weighted by molar-refractivity contribution is -0.384. The minimum atomic E-state index is -3.04. The monoisotopic (exact) mass is 284 g/mol. The number of sulfone groups is 1. The van der Waals surface area contributed by atoms with Gasteiger partial charge >= 0.3 is 0 Å². The molecule has 0 aliphatic carbocycles. The molecule has 1 unspecified atom stereocenters. The fourth-order valence-electron chi connectivity index (χ4n) is 2.34. The predicted molar refractivity (Wildman–Crippen MR) is 73.1 cm³/mol. The highest BCUT2D eigenvalue weighted by molar-refractivity contribution is 7.92. The van der Waals surface area contributed by atoms with Crippen molar-refractivity contribution in [1.82, 2.24) is 0 Å². The van der Waals surface area contributed by atoms with Gasteiger partial charge in [0.15, 0.2) is 9.84 Å². The van der Waals surface area contributed by atoms with Crippen LogP contribution in [-0.4, -0.2) is 30.9 Å². The molecule has 7 heteroatoms. The van der Waals surface area contributed by atoms with Crippen molar-refractivity contribution in [3.05, 3.63) is 33.9 Å². The summed E-state index contributed by atoms with van der Waals surface area (Å²) in [5, 5.41) is 13.4. The molecule has 0 radical (unpaired) electrons. The molecule has 1 aromatic rings. The highest BCUT2D eigenvalue weighted by atomic mass is 32.2. The van der Waals surface area contributed by atoms with E-state index in [2.05, 4.69) is 5.32 Å². The first-order valence-corrected chi connectivity index (χ1v) is 7.83. The fourth-order valence-corrected chi connectivity index (χ4v) is 4.10. The van der Waals surface area contributed by atoms with Crippen molar-refractivity contribution in [3.63, 3.8) is 0 Å². The molecule has 0 aromatic heterocycles. The average Bonchev–Trinajstić information content (AvgIpc) is 2.66. The average molecular weight is 284 g/mol. The molecule has 1 N–H and O–H groups in total. The SMILES string of the molecule is Cc1cccc([N+](=O)[O-])c1NCC1CCCS1(=O)=O. The van der Waals surface area contributed by atoms with Crippen LogP contribution in [0.3, 0.4) is 0 Å². The lowest BCUT2D eigenvalue weighted by Gasteiger charge is -2.13. The van der Waals surface area contributed by atoms with Gasteiger partial charge in [-0.1, -0.05) is 12.1 Å². The van der Waals surface area contributed by atoms with Crippen LogP contribution in [0.25, 0.3) is 0 Å². The number of nitro benzene ring substituents is 1. The molecule has 1 aliphatic rings. The normalized spacial score (nSPS) is 21.2. The van der Waals surface area contributed by atoms with Crippen LogP contribution in [0.15, 0.2) is 18.2 Å². The lowest BCUT2D eigenvalue weighted by Crippen LogP contribution is -2.25. The summed E-state index contributed by atoms with van der Waals surface area (Å²) in [6.07, 6.45) is 1.29. The van der Waals surface area contributed by atoms with Crippen LogP contribution in [0.5, 0.6) is 0 Å². The number of benzene rings is 1. The summed E-state index contributed by atoms with van der Waals surface area (Å²) in [5.74, 6) is 0.217. The zero-order chi connectivity index (χ0) is 14.0. The van der Waals surface area contributed by atoms with Gasteiger partial charge < -0.3 is 5.32 Å². The molecule has 1 aliphatic heterocycles. The zero-order valence-electron chi connectivity index (χ0n) is 10.6. The Morgan fingerprint density at radius 1 is 1.47 bits per heavy atom. The van der Waals surface area contributed by atoms with Crippen LogP contribution >= 0.6 is 0 Å². The molecule has 19 heavy (non-hydrogen) atoms. The molecule has 0 spiro atoms. The molecule has 1 fully saturated rings. The summed E-state index contributed by atoms with van der Waals surface area (Å²) >= 11 is 0. The van der Waals surface area contributed by atoms with Gasteiger partial charge in [-0.3, -0.25) is 10.1 Å². The third-order valence-electron chi connectivity index (χ3n) is 3.42. The Balaban J connectivity index is 2.18. The van der Waals surface area contributed by atoms with E-state index in [9.17, 15) is 18.5 Å². The Morgan fingerprint density at radius 3 is 2.79 bits per heavy atom. The number of hydrogen-bond acceptors (Lipinski definition) is 5. The molecule has 104 valence electrons. The molecule has 1 heterocycles. The van der Waals surface area contributed by atoms with Gasteiger partial charge in [0.1, 0.15) is 5.69 Å². The van der Waals surface area contributed by atoms with Crippen LogP contribution in [0.4, 0.5) is 11.4 Å². The number of hydrogen-bond donors (Lipinski definition) is 1. The topological polar surface area (TPSA) is 89.3 Å². The van der Waals surface area contributed by atoms with E-state index in [4.69, 9.17) is 0 Å². The Morgan fingerprint density at radius 2 is 2.21 bits per heavy atom. The minimum Gasteiger partial charge on any atom is -0.378 e. The van der Waals surface area contributed by atoms with E-state index in [0.717, 1.165) is 5.56 Å². The standard InChI is InChI=1S/C12H16N2O4S/c1-9-4-2-6-11(14(15)16)12(9)13-8-10-5-3-7-19(10,17)18/h2,4,6,10,13H,3,5,7-8H2,1H3. The Bertz CT molecular complexity index is 598. The summed E-state index contributed by atoms with van der Waals surface area (Å²) < 4.78 is 23.4. The van der Waals surface area contributed by atoms with Crippen LogP contribution in [-0.2, 0) is 9.84 Å². The van der Waals surface area contributed by atoms with Gasteiger partial charge in [-0.15, -0.1) is 0 Å². The summed E-state index contributed by atoms with van der Waals surface area (Å²) in [5.41, 5.74) is 1.13. The number of anilines is 1. The summed E-state index contributed by atoms with van der Waals surface area (Å²) in [7, 11) is -3.04. The largest absolute Gasteiger partial charge is 0.378 e. The van der Waals surface area contributed by atoms with Crippen molar-refractivity contribution in [2.75, 3.05) is 17.6 Å². The highest BCUT2D eigenvalue weighted by Crippen LogP contribution is 2.29. The van der Waals surface area contributed by atoms with Gasteiger partial charge in [0, 0.05) is 12.6 Å². The van der Waals surface area contributed by atoms with Crippen molar-refractivity contribution in [1.29, 1.82) is 0 Å². The summed E-state index contributed by atoms with van der Waals surface area (Å²) in [4.78, 5) is 10.5. The fraction of sp³-hybridized carbons (Fsp3) is 0.500. The molecule has 1 aromatic carbocycles. The van der Waals surface area contributed by atoms with Gasteiger partial charge in [0.2, 0.25) is 0 Å². The third-order valence-corrected chi connectivity index (χ3v) is 5.69. The third kappa shape index (κ3) is 2.86. The van der Waals surface area contributed by atoms with Crippen molar-refractivity contribution >= 4 is 21.2 Å². The molecule has 1 atom stereocenters. The van der Waals surface area contributed by atoms with E-state index in [1.807, 2.05) is 0 Å². The Kier molecular flexibility index (Phi) is 3.75. The number of para-hydroxylation sites is 1. The second-order valence-corrected chi connectivity index (χ2v) is 7.14. The first kappa shape index (κ1) is 13.8. The van der Waals surface area contributed by atoms with E-state index in [0.29, 0.717) is 18.5 Å². The molecular formula is C12H16N2O4S. The summed E-state index contributed by atoms with van der Waals surface area (Å²) in [6, 6.07) is 4.79. The molecule has 0 bridgehead atoms. The maximum atomic E-state index is 11.7. The van der Waals surface area contributed by atoms with Gasteiger partial charge in [0.05, 0.1) is 15.9 Å². The first-order chi connectivity index (χ1) is 8.92. The predicted octanol–water partition coefficient (Wildman–Crippen LogP) is 1.89. The number of nitro groups is 1. The van der Waals surface area contributed by atoms with Crippen LogP contribution in [0, 0.1) is 17.0 Å². The zero-order valence-corrected chi connectivity index (χ0v) is 11.4. The first-order valence-electron chi connectivity index (χ1n) is 6.11. The number of rotatable bonds is 4. The van der Waals surface area contributed by atoms with Gasteiger partial charge in [-0.05, 0) is 25.3 Å². The van der Waals surface area contributed by atoms with Crippen molar-refractivity contribution < 1.29 is 13.3 Å². The van der Waals surface area contributed by atoms with E-state index >= 15 is 0 Å². The number of nitrogens with one attached hydrogen (secondary N) is 1. The van der Waals surface area contributed by atoms with Gasteiger partial charge in [-0.25, -0.2) is 8.42 Å². The van der Waals surface area contributed by atoms with Crippen molar-refractivity contribution in [3.8, 4) is 0 Å². The summed E-state index contributed by atoms with van der Waals surface area (Å²) in [6.45, 7) is 1.99. The Labute approximate surface area is 111 Å². The minimum absolute atomic E-state index is 0.0182. The molecular weight excluding hydrogens is 268 g/mol. The van der Waals surface area contributed by atoms with Crippen LogP contribution < -0.4 is 5.32 Å². The molecule has 0 amide bonds. The number of aryl methyl sites for hydroxylation is 1. The smallest absolute Gasteiger partial charge is 0.292 e. The second kappa shape index (κ2) is 5.16. The van der Waals surface area contributed by atoms with E-state index in [1.165, 1.54) is 6.07 Å². The van der Waals surface area contributed by atoms with Crippen LogP contribution in [0.2, 0.25) is 0 Å². The van der Waals surface area contributed by atoms with E-state index in [-0.39, 0.29) is 18.0 Å².